The SMILES string of the molecule is CCn1c(=NC(=O)c2ccnn2C)sc2c(OC)ccc(OC)c21. The zero-order chi connectivity index (χ0) is 17.3. The minimum absolute atomic E-state index is 0.332. The van der Waals surface area contributed by atoms with Gasteiger partial charge >= 0.3 is 0 Å². The molecule has 0 fully saturated rings. The average molecular weight is 346 g/mol. The van der Waals surface area contributed by atoms with Crippen LogP contribution in [0.2, 0.25) is 0 Å². The van der Waals surface area contributed by atoms with Crippen LogP contribution in [0, 0.1) is 0 Å². The van der Waals surface area contributed by atoms with Crippen LogP contribution in [0.4, 0.5) is 0 Å². The fourth-order valence-electron chi connectivity index (χ4n) is 2.56. The Balaban J connectivity index is 2.27. The number of ether oxygens (including phenoxy) is 2. The van der Waals surface area contributed by atoms with Crippen molar-refractivity contribution in [1.29, 1.82) is 0 Å². The van der Waals surface area contributed by atoms with E-state index in [1.165, 1.54) is 16.0 Å². The minimum atomic E-state index is -0.332. The third-order valence-electron chi connectivity index (χ3n) is 3.75. The van der Waals surface area contributed by atoms with Crippen molar-refractivity contribution in [1.82, 2.24) is 14.3 Å². The third-order valence-corrected chi connectivity index (χ3v) is 4.84. The molecule has 8 heteroatoms. The lowest BCUT2D eigenvalue weighted by atomic mass is 10.3. The van der Waals surface area contributed by atoms with E-state index in [-0.39, 0.29) is 5.91 Å². The third kappa shape index (κ3) is 2.58. The van der Waals surface area contributed by atoms with Gasteiger partial charge in [-0.25, -0.2) is 0 Å². The number of thiazole rings is 1. The Bertz CT molecular complexity index is 968. The van der Waals surface area contributed by atoms with E-state index in [1.54, 1.807) is 33.5 Å². The van der Waals surface area contributed by atoms with Crippen molar-refractivity contribution < 1.29 is 14.3 Å². The smallest absolute Gasteiger partial charge is 0.297 e. The van der Waals surface area contributed by atoms with Gasteiger partial charge in [0, 0.05) is 19.8 Å². The van der Waals surface area contributed by atoms with E-state index in [0.717, 1.165) is 21.7 Å². The number of carbonyl (C=O) groups is 1. The van der Waals surface area contributed by atoms with Gasteiger partial charge in [-0.15, -0.1) is 0 Å². The molecule has 2 aromatic heterocycles. The molecule has 0 radical (unpaired) electrons. The van der Waals surface area contributed by atoms with Crippen molar-refractivity contribution in [2.75, 3.05) is 14.2 Å². The van der Waals surface area contributed by atoms with Gasteiger partial charge < -0.3 is 14.0 Å². The maximum absolute atomic E-state index is 12.5. The fraction of sp³-hybridized carbons (Fsp3) is 0.312. The number of aromatic nitrogens is 3. The molecule has 0 N–H and O–H groups in total. The Morgan fingerprint density at radius 3 is 2.54 bits per heavy atom. The van der Waals surface area contributed by atoms with Crippen molar-refractivity contribution in [3.63, 3.8) is 0 Å². The molecule has 0 atom stereocenters. The summed E-state index contributed by atoms with van der Waals surface area (Å²) < 4.78 is 15.3. The summed E-state index contributed by atoms with van der Waals surface area (Å²) in [6.07, 6.45) is 1.58. The lowest BCUT2D eigenvalue weighted by Crippen LogP contribution is -2.17. The predicted octanol–water partition coefficient (Wildman–Crippen LogP) is 2.21. The number of fused-ring (bicyclic) bond motifs is 1. The van der Waals surface area contributed by atoms with Crippen LogP contribution in [-0.2, 0) is 13.6 Å². The van der Waals surface area contributed by atoms with Crippen molar-refractivity contribution in [2.24, 2.45) is 12.0 Å². The highest BCUT2D eigenvalue weighted by atomic mass is 32.1. The van der Waals surface area contributed by atoms with Crippen molar-refractivity contribution >= 4 is 27.5 Å². The molecule has 0 bridgehead atoms. The van der Waals surface area contributed by atoms with Crippen LogP contribution < -0.4 is 14.3 Å². The Morgan fingerprint density at radius 2 is 1.96 bits per heavy atom. The first-order chi connectivity index (χ1) is 11.6. The van der Waals surface area contributed by atoms with E-state index < -0.39 is 0 Å². The Labute approximate surface area is 142 Å². The standard InChI is InChI=1S/C16H18N4O3S/c1-5-20-13-11(22-3)6-7-12(23-4)14(13)24-16(20)18-15(21)10-8-9-17-19(10)2/h6-9H,5H2,1-4H3. The molecule has 0 saturated carbocycles. The first-order valence-electron chi connectivity index (χ1n) is 7.42. The van der Waals surface area contributed by atoms with E-state index in [4.69, 9.17) is 9.47 Å². The van der Waals surface area contributed by atoms with Crippen LogP contribution in [0.1, 0.15) is 17.4 Å². The molecular formula is C16H18N4O3S. The molecule has 1 amide bonds. The summed E-state index contributed by atoms with van der Waals surface area (Å²) in [7, 11) is 4.96. The summed E-state index contributed by atoms with van der Waals surface area (Å²) in [5.74, 6) is 1.12. The zero-order valence-corrected chi connectivity index (χ0v) is 14.8. The maximum Gasteiger partial charge on any atom is 0.297 e. The number of benzene rings is 1. The van der Waals surface area contributed by atoms with Gasteiger partial charge in [-0.3, -0.25) is 9.48 Å². The van der Waals surface area contributed by atoms with Crippen LogP contribution in [0.25, 0.3) is 10.2 Å². The second-order valence-corrected chi connectivity index (χ2v) is 6.01. The first-order valence-corrected chi connectivity index (χ1v) is 8.23. The van der Waals surface area contributed by atoms with Gasteiger partial charge in [-0.2, -0.15) is 10.1 Å². The monoisotopic (exact) mass is 346 g/mol. The highest BCUT2D eigenvalue weighted by Gasteiger charge is 2.16. The number of nitrogens with zero attached hydrogens (tertiary/aromatic N) is 4. The summed E-state index contributed by atoms with van der Waals surface area (Å²) in [5.41, 5.74) is 1.31. The lowest BCUT2D eigenvalue weighted by Gasteiger charge is -2.08. The number of aryl methyl sites for hydroxylation is 2. The van der Waals surface area contributed by atoms with E-state index >= 15 is 0 Å². The molecule has 0 unspecified atom stereocenters. The predicted molar refractivity (Wildman–Crippen MR) is 91.7 cm³/mol. The number of hydrogen-bond donors (Lipinski definition) is 0. The molecule has 126 valence electrons. The highest BCUT2D eigenvalue weighted by molar-refractivity contribution is 7.16. The van der Waals surface area contributed by atoms with Gasteiger partial charge in [0.15, 0.2) is 4.80 Å². The molecule has 0 spiro atoms. The van der Waals surface area contributed by atoms with Gasteiger partial charge in [-0.05, 0) is 25.1 Å². The van der Waals surface area contributed by atoms with Gasteiger partial charge in [0.25, 0.3) is 5.91 Å². The molecule has 2 heterocycles. The second kappa shape index (κ2) is 6.48. The Kier molecular flexibility index (Phi) is 4.39. The van der Waals surface area contributed by atoms with Gasteiger partial charge in [0.1, 0.15) is 27.4 Å². The fourth-order valence-corrected chi connectivity index (χ4v) is 3.76. The molecular weight excluding hydrogens is 328 g/mol. The molecule has 0 aliphatic heterocycles. The van der Waals surface area contributed by atoms with Gasteiger partial charge in [0.2, 0.25) is 0 Å². The Hall–Kier alpha value is -2.61. The van der Waals surface area contributed by atoms with Crippen LogP contribution in [0.15, 0.2) is 29.4 Å². The van der Waals surface area contributed by atoms with Crippen molar-refractivity contribution in [3.05, 3.63) is 34.9 Å². The molecule has 3 aromatic rings. The number of amides is 1. The summed E-state index contributed by atoms with van der Waals surface area (Å²) >= 11 is 1.40. The van der Waals surface area contributed by atoms with Crippen LogP contribution >= 0.6 is 11.3 Å². The molecule has 0 aliphatic carbocycles. The molecule has 7 nitrogen and oxygen atoms in total. The van der Waals surface area contributed by atoms with Crippen LogP contribution in [0.5, 0.6) is 11.5 Å². The van der Waals surface area contributed by atoms with Crippen molar-refractivity contribution in [2.45, 2.75) is 13.5 Å². The minimum Gasteiger partial charge on any atom is -0.495 e. The lowest BCUT2D eigenvalue weighted by molar-refractivity contribution is 0.0989. The number of methoxy groups -OCH3 is 2. The first kappa shape index (κ1) is 16.3. The van der Waals surface area contributed by atoms with Gasteiger partial charge in [-0.1, -0.05) is 11.3 Å². The van der Waals surface area contributed by atoms with E-state index in [0.29, 0.717) is 17.0 Å². The topological polar surface area (TPSA) is 70.6 Å². The number of carbonyl (C=O) groups excluding carboxylic acids is 1. The number of rotatable bonds is 4. The van der Waals surface area contributed by atoms with Crippen LogP contribution in [-0.4, -0.2) is 34.5 Å². The maximum atomic E-state index is 12.5. The van der Waals surface area contributed by atoms with Crippen LogP contribution in [0.3, 0.4) is 0 Å². The number of hydrogen-bond acceptors (Lipinski definition) is 5. The summed E-state index contributed by atoms with van der Waals surface area (Å²) in [4.78, 5) is 17.3. The molecule has 0 saturated heterocycles. The molecule has 3 rings (SSSR count). The molecule has 0 aliphatic rings. The van der Waals surface area contributed by atoms with Crippen molar-refractivity contribution in [3.8, 4) is 11.5 Å². The second-order valence-electron chi connectivity index (χ2n) is 5.03. The zero-order valence-electron chi connectivity index (χ0n) is 13.9. The van der Waals surface area contributed by atoms with Gasteiger partial charge in [0.05, 0.1) is 14.2 Å². The largest absolute Gasteiger partial charge is 0.495 e. The quantitative estimate of drug-likeness (QED) is 0.726. The van der Waals surface area contributed by atoms with E-state index in [9.17, 15) is 4.79 Å². The summed E-state index contributed by atoms with van der Waals surface area (Å²) in [5, 5.41) is 4.01. The van der Waals surface area contributed by atoms with E-state index in [2.05, 4.69) is 10.1 Å². The molecule has 24 heavy (non-hydrogen) atoms. The highest BCUT2D eigenvalue weighted by Crippen LogP contribution is 2.35. The summed E-state index contributed by atoms with van der Waals surface area (Å²) in [6.45, 7) is 2.65. The normalized spacial score (nSPS) is 11.9. The Morgan fingerprint density at radius 1 is 1.25 bits per heavy atom. The average Bonchev–Trinajstić information content (AvgIpc) is 3.17. The van der Waals surface area contributed by atoms with E-state index in [1.807, 2.05) is 23.6 Å². The molecule has 1 aromatic carbocycles. The summed E-state index contributed by atoms with van der Waals surface area (Å²) in [6, 6.07) is 5.35.